The first kappa shape index (κ1) is 10.5. The molecule has 70 valence electrons. The van der Waals surface area contributed by atoms with E-state index < -0.39 is 10.8 Å². The van der Waals surface area contributed by atoms with Crippen molar-refractivity contribution in [2.24, 2.45) is 0 Å². The summed E-state index contributed by atoms with van der Waals surface area (Å²) in [6, 6.07) is 5.41. The lowest BCUT2D eigenvalue weighted by Crippen LogP contribution is -2.05. The Labute approximate surface area is 83.6 Å². The third-order valence-electron chi connectivity index (χ3n) is 1.36. The van der Waals surface area contributed by atoms with Crippen LogP contribution < -0.4 is 5.30 Å². The van der Waals surface area contributed by atoms with Gasteiger partial charge >= 0.3 is 0 Å². The molecule has 0 heterocycles. The summed E-state index contributed by atoms with van der Waals surface area (Å²) in [6.45, 7) is 0. The van der Waals surface area contributed by atoms with E-state index in [9.17, 15) is 14.7 Å². The minimum absolute atomic E-state index is 0.136. The lowest BCUT2D eigenvalue weighted by Gasteiger charge is -2.01. The zero-order valence-electron chi connectivity index (χ0n) is 6.18. The molecule has 0 atom stereocenters. The van der Waals surface area contributed by atoms with Crippen LogP contribution in [0.4, 0.5) is 5.69 Å². The molecule has 0 radical (unpaired) electrons. The predicted octanol–water partition coefficient (Wildman–Crippen LogP) is 2.89. The summed E-state index contributed by atoms with van der Waals surface area (Å²) >= 11 is 10.6. The van der Waals surface area contributed by atoms with Gasteiger partial charge in [0.15, 0.2) is 0 Å². The fourth-order valence-corrected chi connectivity index (χ4v) is 2.38. The molecule has 13 heavy (non-hydrogen) atoms. The minimum atomic E-state index is -3.61. The summed E-state index contributed by atoms with van der Waals surface area (Å²) in [4.78, 5) is 9.76. The van der Waals surface area contributed by atoms with E-state index in [1.807, 2.05) is 0 Å². The Morgan fingerprint density at radius 2 is 1.85 bits per heavy atom. The molecule has 0 fully saturated rings. The smallest absolute Gasteiger partial charge is 0.284 e. The van der Waals surface area contributed by atoms with E-state index in [1.165, 1.54) is 24.3 Å². The van der Waals surface area contributed by atoms with Gasteiger partial charge in [-0.25, -0.2) is 0 Å². The van der Waals surface area contributed by atoms with Gasteiger partial charge in [0.05, 0.1) is 4.92 Å². The van der Waals surface area contributed by atoms with Crippen LogP contribution in [0.15, 0.2) is 24.3 Å². The Kier molecular flexibility index (Phi) is 2.96. The van der Waals surface area contributed by atoms with Crippen LogP contribution in [0.25, 0.3) is 0 Å². The van der Waals surface area contributed by atoms with Gasteiger partial charge in [0.2, 0.25) is 0 Å². The van der Waals surface area contributed by atoms with Crippen molar-refractivity contribution in [3.63, 3.8) is 0 Å². The summed E-state index contributed by atoms with van der Waals surface area (Å²) in [6.07, 6.45) is 0. The highest BCUT2D eigenvalue weighted by Gasteiger charge is 2.27. The van der Waals surface area contributed by atoms with Crippen molar-refractivity contribution in [3.8, 4) is 0 Å². The van der Waals surface area contributed by atoms with Crippen LogP contribution in [0, 0.1) is 10.1 Å². The molecule has 0 aliphatic carbocycles. The first-order chi connectivity index (χ1) is 5.93. The molecular weight excluding hydrogens is 236 g/mol. The van der Waals surface area contributed by atoms with E-state index in [-0.39, 0.29) is 11.0 Å². The Hall–Kier alpha value is -0.570. The van der Waals surface area contributed by atoms with Gasteiger partial charge in [-0.05, 0) is 28.5 Å². The maximum absolute atomic E-state index is 11.2. The van der Waals surface area contributed by atoms with Crippen molar-refractivity contribution < 1.29 is 9.49 Å². The maximum atomic E-state index is 11.2. The molecule has 0 unspecified atom stereocenters. The first-order valence-electron chi connectivity index (χ1n) is 3.16. The number of nitro benzene ring substituents is 1. The van der Waals surface area contributed by atoms with E-state index in [0.29, 0.717) is 0 Å². The third-order valence-corrected chi connectivity index (χ3v) is 3.39. The van der Waals surface area contributed by atoms with Gasteiger partial charge in [-0.1, -0.05) is 12.1 Å². The molecule has 1 rings (SSSR count). The van der Waals surface area contributed by atoms with Crippen molar-refractivity contribution in [1.82, 2.24) is 0 Å². The second-order valence-electron chi connectivity index (χ2n) is 2.21. The SMILES string of the molecule is O=[N+]([O-])c1ccccc1P(=O)(Cl)Cl. The van der Waals surface area contributed by atoms with E-state index in [0.717, 1.165) is 0 Å². The van der Waals surface area contributed by atoms with Crippen molar-refractivity contribution in [2.75, 3.05) is 0 Å². The molecule has 0 bridgehead atoms. The first-order valence-corrected chi connectivity index (χ1v) is 6.68. The van der Waals surface area contributed by atoms with Crippen molar-refractivity contribution >= 4 is 39.3 Å². The summed E-state index contributed by atoms with van der Waals surface area (Å²) in [5, 5.41) is 10.3. The summed E-state index contributed by atoms with van der Waals surface area (Å²) in [5.74, 6) is -3.61. The summed E-state index contributed by atoms with van der Waals surface area (Å²) in [7, 11) is 0. The standard InChI is InChI=1S/C6H4Cl2NO3P/c7-13(8,12)6-4-2-1-3-5(6)9(10)11/h1-4H. The maximum Gasteiger partial charge on any atom is 0.288 e. The van der Waals surface area contributed by atoms with Gasteiger partial charge in [-0.2, -0.15) is 0 Å². The number of nitro groups is 1. The molecule has 1 aromatic rings. The van der Waals surface area contributed by atoms with Crippen LogP contribution in [0.2, 0.25) is 0 Å². The van der Waals surface area contributed by atoms with Crippen molar-refractivity contribution in [3.05, 3.63) is 34.4 Å². The predicted molar refractivity (Wildman–Crippen MR) is 52.0 cm³/mol. The van der Waals surface area contributed by atoms with E-state index in [1.54, 1.807) is 0 Å². The number of hydrogen-bond acceptors (Lipinski definition) is 3. The average molecular weight is 240 g/mol. The largest absolute Gasteiger partial charge is 0.288 e. The molecule has 0 aliphatic heterocycles. The average Bonchev–Trinajstić information content (AvgIpc) is 2.03. The van der Waals surface area contributed by atoms with E-state index in [4.69, 9.17) is 22.5 Å². The number of para-hydroxylation sites is 1. The van der Waals surface area contributed by atoms with Gasteiger partial charge in [-0.3, -0.25) is 14.7 Å². The number of halogens is 2. The second kappa shape index (κ2) is 3.66. The Balaban J connectivity index is 3.37. The number of hydrogen-bond donors (Lipinski definition) is 0. The zero-order valence-corrected chi connectivity index (χ0v) is 8.59. The Bertz CT molecular complexity index is 389. The minimum Gasteiger partial charge on any atom is -0.284 e. The normalized spacial score (nSPS) is 11.2. The molecule has 0 saturated heterocycles. The molecule has 0 spiro atoms. The van der Waals surface area contributed by atoms with Crippen LogP contribution in [-0.4, -0.2) is 4.92 Å². The molecule has 0 N–H and O–H groups in total. The molecule has 0 amide bonds. The van der Waals surface area contributed by atoms with Gasteiger partial charge < -0.3 is 0 Å². The lowest BCUT2D eigenvalue weighted by atomic mass is 10.3. The quantitative estimate of drug-likeness (QED) is 0.453. The van der Waals surface area contributed by atoms with Crippen LogP contribution in [0.3, 0.4) is 0 Å². The van der Waals surface area contributed by atoms with Crippen LogP contribution >= 0.6 is 28.3 Å². The lowest BCUT2D eigenvalue weighted by molar-refractivity contribution is -0.383. The topological polar surface area (TPSA) is 60.2 Å². The number of benzene rings is 1. The zero-order chi connectivity index (χ0) is 10.1. The molecule has 0 saturated carbocycles. The highest BCUT2D eigenvalue weighted by atomic mass is 35.9. The second-order valence-corrected chi connectivity index (χ2v) is 6.99. The van der Waals surface area contributed by atoms with Gasteiger partial charge in [-0.15, -0.1) is 0 Å². The summed E-state index contributed by atoms with van der Waals surface area (Å²) < 4.78 is 11.2. The molecule has 0 aromatic heterocycles. The molecule has 1 aromatic carbocycles. The molecule has 4 nitrogen and oxygen atoms in total. The van der Waals surface area contributed by atoms with Crippen molar-refractivity contribution in [1.29, 1.82) is 0 Å². The third kappa shape index (κ3) is 2.44. The fraction of sp³-hybridized carbons (Fsp3) is 0. The molecule has 7 heteroatoms. The van der Waals surface area contributed by atoms with Gasteiger partial charge in [0.1, 0.15) is 5.30 Å². The highest BCUT2D eigenvalue weighted by Crippen LogP contribution is 2.56. The summed E-state index contributed by atoms with van der Waals surface area (Å²) in [5.41, 5.74) is -0.323. The fourth-order valence-electron chi connectivity index (χ4n) is 0.839. The van der Waals surface area contributed by atoms with E-state index >= 15 is 0 Å². The Morgan fingerprint density at radius 1 is 1.31 bits per heavy atom. The highest BCUT2D eigenvalue weighted by molar-refractivity contribution is 8.13. The number of nitrogens with zero attached hydrogens (tertiary/aromatic N) is 1. The Morgan fingerprint density at radius 3 is 2.23 bits per heavy atom. The van der Waals surface area contributed by atoms with Gasteiger partial charge in [0, 0.05) is 6.07 Å². The van der Waals surface area contributed by atoms with Crippen LogP contribution in [0.5, 0.6) is 0 Å². The van der Waals surface area contributed by atoms with Gasteiger partial charge in [0.25, 0.3) is 11.5 Å². The van der Waals surface area contributed by atoms with Crippen LogP contribution in [-0.2, 0) is 4.57 Å². The van der Waals surface area contributed by atoms with E-state index in [2.05, 4.69) is 0 Å². The van der Waals surface area contributed by atoms with Crippen LogP contribution in [0.1, 0.15) is 0 Å². The number of rotatable bonds is 2. The molecular formula is C6H4Cl2NO3P. The molecule has 0 aliphatic rings. The van der Waals surface area contributed by atoms with Crippen molar-refractivity contribution in [2.45, 2.75) is 0 Å². The monoisotopic (exact) mass is 239 g/mol.